The van der Waals surface area contributed by atoms with Gasteiger partial charge in [0.15, 0.2) is 9.84 Å². The first-order valence-electron chi connectivity index (χ1n) is 9.02. The molecule has 0 heterocycles. The number of benzene rings is 2. The molecule has 2 aromatic rings. The molecule has 158 valence electrons. The highest BCUT2D eigenvalue weighted by atomic mass is 32.2. The van der Waals surface area contributed by atoms with Gasteiger partial charge in [0.1, 0.15) is 0 Å². The first-order chi connectivity index (χ1) is 13.6. The van der Waals surface area contributed by atoms with E-state index in [1.807, 2.05) is 0 Å². The molecule has 2 N–H and O–H groups in total. The van der Waals surface area contributed by atoms with Gasteiger partial charge >= 0.3 is 0 Å². The molecule has 29 heavy (non-hydrogen) atoms. The summed E-state index contributed by atoms with van der Waals surface area (Å²) in [7, 11) is -7.09. The number of carbonyl (C=O) groups excluding carboxylic acids is 1. The highest BCUT2D eigenvalue weighted by Gasteiger charge is 2.21. The van der Waals surface area contributed by atoms with Crippen molar-refractivity contribution in [1.29, 1.82) is 0 Å². The van der Waals surface area contributed by atoms with Crippen LogP contribution < -0.4 is 10.6 Å². The molecule has 0 saturated carbocycles. The number of rotatable bonds is 9. The van der Waals surface area contributed by atoms with Crippen LogP contribution in [0.25, 0.3) is 0 Å². The number of anilines is 2. The van der Waals surface area contributed by atoms with E-state index in [4.69, 9.17) is 0 Å². The quantitative estimate of drug-likeness (QED) is 0.619. The van der Waals surface area contributed by atoms with E-state index in [0.29, 0.717) is 18.8 Å². The van der Waals surface area contributed by atoms with Crippen molar-refractivity contribution in [3.63, 3.8) is 0 Å². The summed E-state index contributed by atoms with van der Waals surface area (Å²) in [6.07, 6.45) is 1.07. The molecule has 0 aliphatic carbocycles. The summed E-state index contributed by atoms with van der Waals surface area (Å²) in [4.78, 5) is 12.4. The summed E-state index contributed by atoms with van der Waals surface area (Å²) in [5, 5.41) is 5.43. The molecule has 2 rings (SSSR count). The van der Waals surface area contributed by atoms with Crippen molar-refractivity contribution in [3.05, 3.63) is 48.5 Å². The third-order valence-electron chi connectivity index (χ3n) is 4.19. The second-order valence-electron chi connectivity index (χ2n) is 6.29. The van der Waals surface area contributed by atoms with Crippen LogP contribution in [0.4, 0.5) is 11.4 Å². The van der Waals surface area contributed by atoms with Crippen LogP contribution in [0.2, 0.25) is 0 Å². The lowest BCUT2D eigenvalue weighted by molar-refractivity contribution is -0.114. The van der Waals surface area contributed by atoms with Gasteiger partial charge in [-0.15, -0.1) is 0 Å². The Hall–Kier alpha value is -2.43. The van der Waals surface area contributed by atoms with Crippen molar-refractivity contribution in [2.45, 2.75) is 23.6 Å². The number of hydrogen-bond acceptors (Lipinski definition) is 6. The van der Waals surface area contributed by atoms with Crippen LogP contribution in [0.1, 0.15) is 13.8 Å². The summed E-state index contributed by atoms with van der Waals surface area (Å²) in [6, 6.07) is 12.3. The number of nitrogens with one attached hydrogen (secondary N) is 2. The summed E-state index contributed by atoms with van der Waals surface area (Å²) in [5.41, 5.74) is 0.657. The number of sulfone groups is 1. The van der Waals surface area contributed by atoms with Gasteiger partial charge in [-0.2, -0.15) is 4.31 Å². The highest BCUT2D eigenvalue weighted by molar-refractivity contribution is 7.91. The first-order valence-corrected chi connectivity index (χ1v) is 12.4. The van der Waals surface area contributed by atoms with E-state index in [0.717, 1.165) is 6.26 Å². The molecule has 2 aromatic carbocycles. The molecular formula is C19H25N3O5S2. The highest BCUT2D eigenvalue weighted by Crippen LogP contribution is 2.21. The zero-order valence-corrected chi connectivity index (χ0v) is 18.2. The second-order valence-corrected chi connectivity index (χ2v) is 10.2. The summed E-state index contributed by atoms with van der Waals surface area (Å²) in [6.45, 7) is 4.09. The Morgan fingerprint density at radius 3 is 2.24 bits per heavy atom. The minimum Gasteiger partial charge on any atom is -0.376 e. The van der Waals surface area contributed by atoms with Gasteiger partial charge in [0.05, 0.1) is 22.0 Å². The van der Waals surface area contributed by atoms with Crippen LogP contribution in [0, 0.1) is 0 Å². The number of amides is 1. The predicted octanol–water partition coefficient (Wildman–Crippen LogP) is 2.17. The molecule has 0 fully saturated rings. The predicted molar refractivity (Wildman–Crippen MR) is 113 cm³/mol. The lowest BCUT2D eigenvalue weighted by atomic mass is 10.3. The largest absolute Gasteiger partial charge is 0.376 e. The minimum atomic E-state index is -3.61. The second kappa shape index (κ2) is 9.38. The first kappa shape index (κ1) is 22.9. The van der Waals surface area contributed by atoms with Crippen molar-refractivity contribution in [2.24, 2.45) is 0 Å². The Balaban J connectivity index is 2.11. The van der Waals surface area contributed by atoms with E-state index in [2.05, 4.69) is 10.6 Å². The van der Waals surface area contributed by atoms with E-state index in [9.17, 15) is 21.6 Å². The van der Waals surface area contributed by atoms with Crippen LogP contribution in [-0.4, -0.2) is 52.9 Å². The monoisotopic (exact) mass is 439 g/mol. The number of sulfonamides is 1. The molecule has 0 atom stereocenters. The van der Waals surface area contributed by atoms with Crippen LogP contribution in [0.15, 0.2) is 58.3 Å². The standard InChI is InChI=1S/C19H25N3O5S2/c1-4-22(5-2)29(26,27)16-10-8-9-15(13-16)20-14-19(23)21-17-11-6-7-12-18(17)28(3,24)25/h6-13,20H,4-5,14H2,1-3H3,(H,21,23). The fourth-order valence-corrected chi connectivity index (χ4v) is 5.10. The molecule has 0 spiro atoms. The summed E-state index contributed by atoms with van der Waals surface area (Å²) >= 11 is 0. The Labute approximate surface area is 171 Å². The van der Waals surface area contributed by atoms with Gasteiger partial charge in [-0.3, -0.25) is 4.79 Å². The van der Waals surface area contributed by atoms with Gasteiger partial charge in [0.25, 0.3) is 0 Å². The molecule has 0 aliphatic rings. The van der Waals surface area contributed by atoms with Crippen LogP contribution in [-0.2, 0) is 24.7 Å². The van der Waals surface area contributed by atoms with E-state index >= 15 is 0 Å². The molecule has 0 aliphatic heterocycles. The Morgan fingerprint density at radius 2 is 1.62 bits per heavy atom. The molecule has 8 nitrogen and oxygen atoms in total. The van der Waals surface area contributed by atoms with Crippen molar-refractivity contribution in [1.82, 2.24) is 4.31 Å². The fraction of sp³-hybridized carbons (Fsp3) is 0.316. The van der Waals surface area contributed by atoms with Gasteiger partial charge in [0.2, 0.25) is 15.9 Å². The van der Waals surface area contributed by atoms with Crippen molar-refractivity contribution in [2.75, 3.05) is 36.5 Å². The lowest BCUT2D eigenvalue weighted by Gasteiger charge is -2.19. The topological polar surface area (TPSA) is 113 Å². The Bertz CT molecular complexity index is 1080. The molecular weight excluding hydrogens is 414 g/mol. The summed E-state index contributed by atoms with van der Waals surface area (Å²) in [5.74, 6) is -0.460. The maximum atomic E-state index is 12.6. The van der Waals surface area contributed by atoms with Crippen molar-refractivity contribution >= 4 is 37.1 Å². The van der Waals surface area contributed by atoms with Crippen LogP contribution in [0.3, 0.4) is 0 Å². The van der Waals surface area contributed by atoms with Gasteiger partial charge in [-0.05, 0) is 30.3 Å². The van der Waals surface area contributed by atoms with E-state index in [-0.39, 0.29) is 22.0 Å². The minimum absolute atomic E-state index is 0.0284. The van der Waals surface area contributed by atoms with Gasteiger partial charge in [-0.25, -0.2) is 16.8 Å². The Kier molecular flexibility index (Phi) is 7.39. The molecule has 1 amide bonds. The van der Waals surface area contributed by atoms with Gasteiger partial charge in [-0.1, -0.05) is 32.0 Å². The van der Waals surface area contributed by atoms with Crippen LogP contribution in [0.5, 0.6) is 0 Å². The molecule has 0 aromatic heterocycles. The van der Waals surface area contributed by atoms with Crippen LogP contribution >= 0.6 is 0 Å². The Morgan fingerprint density at radius 1 is 0.966 bits per heavy atom. The van der Waals surface area contributed by atoms with E-state index < -0.39 is 25.8 Å². The number of nitrogens with zero attached hydrogens (tertiary/aromatic N) is 1. The maximum Gasteiger partial charge on any atom is 0.243 e. The fourth-order valence-electron chi connectivity index (χ4n) is 2.75. The normalized spacial score (nSPS) is 12.0. The molecule has 0 bridgehead atoms. The maximum absolute atomic E-state index is 12.6. The number of carbonyl (C=O) groups is 1. The van der Waals surface area contributed by atoms with Gasteiger partial charge < -0.3 is 10.6 Å². The average molecular weight is 440 g/mol. The molecule has 0 saturated heterocycles. The average Bonchev–Trinajstić information content (AvgIpc) is 2.67. The third-order valence-corrected chi connectivity index (χ3v) is 7.39. The van der Waals surface area contributed by atoms with Crippen molar-refractivity contribution < 1.29 is 21.6 Å². The number of hydrogen-bond donors (Lipinski definition) is 2. The van der Waals surface area contributed by atoms with E-state index in [1.165, 1.54) is 28.6 Å². The van der Waals surface area contributed by atoms with Gasteiger partial charge in [0, 0.05) is 25.0 Å². The lowest BCUT2D eigenvalue weighted by Crippen LogP contribution is -2.30. The van der Waals surface area contributed by atoms with Crippen molar-refractivity contribution in [3.8, 4) is 0 Å². The SMILES string of the molecule is CCN(CC)S(=O)(=O)c1cccc(NCC(=O)Nc2ccccc2S(C)(=O)=O)c1. The zero-order chi connectivity index (χ0) is 21.7. The van der Waals surface area contributed by atoms with E-state index in [1.54, 1.807) is 38.1 Å². The number of para-hydroxylation sites is 1. The molecule has 0 radical (unpaired) electrons. The summed E-state index contributed by atoms with van der Waals surface area (Å²) < 4.78 is 50.2. The third kappa shape index (κ3) is 5.78. The zero-order valence-electron chi connectivity index (χ0n) is 16.5. The smallest absolute Gasteiger partial charge is 0.243 e. The molecule has 0 unspecified atom stereocenters. The molecule has 10 heteroatoms.